The molecular weight excluding hydrogens is 308 g/mol. The van der Waals surface area contributed by atoms with E-state index in [1.807, 2.05) is 24.0 Å². The third-order valence-electron chi connectivity index (χ3n) is 4.20. The molecule has 1 aliphatic heterocycles. The maximum absolute atomic E-state index is 12.7. The normalized spacial score (nSPS) is 13.8. The highest BCUT2D eigenvalue weighted by Gasteiger charge is 2.23. The molecule has 1 fully saturated rings. The van der Waals surface area contributed by atoms with Gasteiger partial charge in [0.2, 0.25) is 5.91 Å². The minimum Gasteiger partial charge on any atom is -0.481 e. The molecule has 2 amide bonds. The Morgan fingerprint density at radius 1 is 1.12 bits per heavy atom. The number of rotatable bonds is 7. The number of anilines is 1. The van der Waals surface area contributed by atoms with Gasteiger partial charge in [0.05, 0.1) is 11.3 Å². The van der Waals surface area contributed by atoms with Gasteiger partial charge < -0.3 is 15.3 Å². The van der Waals surface area contributed by atoms with Gasteiger partial charge in [0, 0.05) is 25.9 Å². The van der Waals surface area contributed by atoms with E-state index in [9.17, 15) is 14.4 Å². The zero-order valence-corrected chi connectivity index (χ0v) is 14.0. The Balaban J connectivity index is 2.01. The Morgan fingerprint density at radius 3 is 2.46 bits per heavy atom. The van der Waals surface area contributed by atoms with E-state index in [2.05, 4.69) is 5.32 Å². The van der Waals surface area contributed by atoms with Crippen molar-refractivity contribution in [2.24, 2.45) is 0 Å². The van der Waals surface area contributed by atoms with Crippen molar-refractivity contribution in [3.63, 3.8) is 0 Å². The van der Waals surface area contributed by atoms with Gasteiger partial charge in [-0.25, -0.2) is 0 Å². The lowest BCUT2D eigenvalue weighted by Crippen LogP contribution is -2.29. The average Bonchev–Trinajstić information content (AvgIpc) is 3.05. The molecule has 0 saturated carbocycles. The first kappa shape index (κ1) is 18.0. The van der Waals surface area contributed by atoms with Gasteiger partial charge in [-0.15, -0.1) is 0 Å². The van der Waals surface area contributed by atoms with Gasteiger partial charge in [-0.2, -0.15) is 0 Å². The molecule has 0 unspecified atom stereocenters. The molecule has 1 heterocycles. The second kappa shape index (κ2) is 8.47. The van der Waals surface area contributed by atoms with E-state index < -0.39 is 5.97 Å². The smallest absolute Gasteiger partial charge is 0.303 e. The Morgan fingerprint density at radius 2 is 1.79 bits per heavy atom. The third kappa shape index (κ3) is 4.81. The summed E-state index contributed by atoms with van der Waals surface area (Å²) in [7, 11) is 0. The number of nitrogens with one attached hydrogen (secondary N) is 1. The van der Waals surface area contributed by atoms with Crippen molar-refractivity contribution in [2.45, 2.75) is 45.4 Å². The Kier molecular flexibility index (Phi) is 6.35. The number of hydrogen-bond acceptors (Lipinski definition) is 3. The number of carbonyl (C=O) groups is 3. The van der Waals surface area contributed by atoms with Crippen molar-refractivity contribution in [1.82, 2.24) is 4.90 Å². The predicted octanol–water partition coefficient (Wildman–Crippen LogP) is 2.81. The monoisotopic (exact) mass is 332 g/mol. The van der Waals surface area contributed by atoms with Crippen LogP contribution < -0.4 is 5.32 Å². The number of aryl methyl sites for hydroxylation is 1. The molecule has 6 heteroatoms. The number of benzene rings is 1. The van der Waals surface area contributed by atoms with Gasteiger partial charge in [-0.3, -0.25) is 14.4 Å². The number of nitrogens with zero attached hydrogens (tertiary/aromatic N) is 1. The van der Waals surface area contributed by atoms with E-state index in [1.54, 1.807) is 6.07 Å². The summed E-state index contributed by atoms with van der Waals surface area (Å²) in [5, 5.41) is 11.4. The Labute approximate surface area is 141 Å². The van der Waals surface area contributed by atoms with Crippen LogP contribution in [0.2, 0.25) is 0 Å². The SMILES string of the molecule is Cc1cccc(NC(=O)CCCCC(=O)O)c1C(=O)N1CCCC1. The number of carboxylic acid groups (broad SMARTS) is 1. The van der Waals surface area contributed by atoms with Gasteiger partial charge >= 0.3 is 5.97 Å². The van der Waals surface area contributed by atoms with Crippen LogP contribution in [-0.4, -0.2) is 40.9 Å². The largest absolute Gasteiger partial charge is 0.481 e. The molecule has 1 aromatic rings. The molecule has 2 N–H and O–H groups in total. The number of amides is 2. The number of unbranched alkanes of at least 4 members (excludes halogenated alkanes) is 1. The van der Waals surface area contributed by atoms with Crippen molar-refractivity contribution >= 4 is 23.5 Å². The molecule has 130 valence electrons. The topological polar surface area (TPSA) is 86.7 Å². The van der Waals surface area contributed by atoms with Gasteiger partial charge in [-0.05, 0) is 44.2 Å². The molecule has 0 radical (unpaired) electrons. The molecule has 2 rings (SSSR count). The first-order valence-corrected chi connectivity index (χ1v) is 8.39. The molecule has 1 aromatic carbocycles. The van der Waals surface area contributed by atoms with Gasteiger partial charge in [0.25, 0.3) is 5.91 Å². The highest BCUT2D eigenvalue weighted by Crippen LogP contribution is 2.24. The summed E-state index contributed by atoms with van der Waals surface area (Å²) in [4.78, 5) is 37.1. The number of carbonyl (C=O) groups excluding carboxylic acids is 2. The molecule has 1 aliphatic rings. The summed E-state index contributed by atoms with van der Waals surface area (Å²) in [5.74, 6) is -1.08. The van der Waals surface area contributed by atoms with E-state index in [0.29, 0.717) is 24.1 Å². The summed E-state index contributed by atoms with van der Waals surface area (Å²) in [6.45, 7) is 3.39. The zero-order valence-electron chi connectivity index (χ0n) is 14.0. The fourth-order valence-electron chi connectivity index (χ4n) is 2.91. The number of likely N-dealkylation sites (tertiary alicyclic amines) is 1. The number of carboxylic acids is 1. The van der Waals surface area contributed by atoms with Crippen LogP contribution in [0.3, 0.4) is 0 Å². The lowest BCUT2D eigenvalue weighted by atomic mass is 10.0. The second-order valence-electron chi connectivity index (χ2n) is 6.15. The van der Waals surface area contributed by atoms with E-state index >= 15 is 0 Å². The van der Waals surface area contributed by atoms with Crippen LogP contribution in [0, 0.1) is 6.92 Å². The minimum absolute atomic E-state index is 0.0354. The Bertz CT molecular complexity index is 621. The molecular formula is C18H24N2O4. The first-order chi connectivity index (χ1) is 11.5. The molecule has 1 saturated heterocycles. The average molecular weight is 332 g/mol. The first-order valence-electron chi connectivity index (χ1n) is 8.39. The van der Waals surface area contributed by atoms with Crippen molar-refractivity contribution in [1.29, 1.82) is 0 Å². The summed E-state index contributed by atoms with van der Waals surface area (Å²) in [6, 6.07) is 5.42. The van der Waals surface area contributed by atoms with Crippen LogP contribution >= 0.6 is 0 Å². The minimum atomic E-state index is -0.854. The molecule has 0 aromatic heterocycles. The lowest BCUT2D eigenvalue weighted by molar-refractivity contribution is -0.137. The van der Waals surface area contributed by atoms with Gasteiger partial charge in [0.1, 0.15) is 0 Å². The highest BCUT2D eigenvalue weighted by molar-refractivity contribution is 6.04. The van der Waals surface area contributed by atoms with Gasteiger partial charge in [-0.1, -0.05) is 12.1 Å². The van der Waals surface area contributed by atoms with Crippen LogP contribution in [0.15, 0.2) is 18.2 Å². The van der Waals surface area contributed by atoms with Gasteiger partial charge in [0.15, 0.2) is 0 Å². The molecule has 6 nitrogen and oxygen atoms in total. The predicted molar refractivity (Wildman–Crippen MR) is 91.1 cm³/mol. The second-order valence-corrected chi connectivity index (χ2v) is 6.15. The molecule has 0 atom stereocenters. The lowest BCUT2D eigenvalue weighted by Gasteiger charge is -2.19. The van der Waals surface area contributed by atoms with Crippen LogP contribution in [0.1, 0.15) is 54.4 Å². The van der Waals surface area contributed by atoms with Crippen molar-refractivity contribution in [2.75, 3.05) is 18.4 Å². The number of aliphatic carboxylic acids is 1. The summed E-state index contributed by atoms with van der Waals surface area (Å²) >= 11 is 0. The van der Waals surface area contributed by atoms with E-state index in [0.717, 1.165) is 31.5 Å². The van der Waals surface area contributed by atoms with E-state index in [-0.39, 0.29) is 24.7 Å². The van der Waals surface area contributed by atoms with E-state index in [4.69, 9.17) is 5.11 Å². The highest BCUT2D eigenvalue weighted by atomic mass is 16.4. The fraction of sp³-hybridized carbons (Fsp3) is 0.500. The molecule has 0 spiro atoms. The van der Waals surface area contributed by atoms with Crippen LogP contribution in [0.4, 0.5) is 5.69 Å². The van der Waals surface area contributed by atoms with E-state index in [1.165, 1.54) is 0 Å². The fourth-order valence-corrected chi connectivity index (χ4v) is 2.91. The summed E-state index contributed by atoms with van der Waals surface area (Å²) in [6.07, 6.45) is 3.33. The zero-order chi connectivity index (χ0) is 17.5. The van der Waals surface area contributed by atoms with Crippen molar-refractivity contribution < 1.29 is 19.5 Å². The van der Waals surface area contributed by atoms with Crippen LogP contribution in [0.25, 0.3) is 0 Å². The number of hydrogen-bond donors (Lipinski definition) is 2. The quantitative estimate of drug-likeness (QED) is 0.752. The maximum Gasteiger partial charge on any atom is 0.303 e. The standard InChI is InChI=1S/C18H24N2O4/c1-13-7-6-8-14(17(13)18(24)20-11-4-5-12-20)19-15(21)9-2-3-10-16(22)23/h6-8H,2-5,9-12H2,1H3,(H,19,21)(H,22,23). The van der Waals surface area contributed by atoms with Crippen molar-refractivity contribution in [3.05, 3.63) is 29.3 Å². The summed E-state index contributed by atoms with van der Waals surface area (Å²) in [5.41, 5.74) is 1.93. The molecule has 0 bridgehead atoms. The molecule has 24 heavy (non-hydrogen) atoms. The van der Waals surface area contributed by atoms with Crippen LogP contribution in [0.5, 0.6) is 0 Å². The van der Waals surface area contributed by atoms with Crippen LogP contribution in [-0.2, 0) is 9.59 Å². The summed E-state index contributed by atoms with van der Waals surface area (Å²) < 4.78 is 0. The molecule has 0 aliphatic carbocycles. The Hall–Kier alpha value is -2.37. The third-order valence-corrected chi connectivity index (χ3v) is 4.20. The maximum atomic E-state index is 12.7. The van der Waals surface area contributed by atoms with Crippen molar-refractivity contribution in [3.8, 4) is 0 Å².